The lowest BCUT2D eigenvalue weighted by Gasteiger charge is -2.14. The van der Waals surface area contributed by atoms with Crippen molar-refractivity contribution < 1.29 is 9.90 Å². The number of carbonyl (C=O) groups is 1. The number of fused-ring (bicyclic) bond motifs is 3. The third-order valence-electron chi connectivity index (χ3n) is 3.34. The summed E-state index contributed by atoms with van der Waals surface area (Å²) in [5, 5.41) is 12.9. The van der Waals surface area contributed by atoms with Crippen LogP contribution in [0.25, 0.3) is 16.7 Å². The molecule has 0 aliphatic rings. The molecule has 108 valence electrons. The number of aromatic nitrogens is 4. The number of carboxylic acid groups (broad SMARTS) is 1. The van der Waals surface area contributed by atoms with E-state index in [9.17, 15) is 9.59 Å². The molecule has 0 saturated heterocycles. The number of hydrogen-bond acceptors (Lipinski definition) is 4. The van der Waals surface area contributed by atoms with E-state index in [2.05, 4.69) is 10.1 Å². The summed E-state index contributed by atoms with van der Waals surface area (Å²) in [6.45, 7) is 5.73. The van der Waals surface area contributed by atoms with Crippen LogP contribution in [0.15, 0.2) is 23.0 Å². The van der Waals surface area contributed by atoms with E-state index >= 15 is 0 Å². The molecule has 0 radical (unpaired) electrons. The lowest BCUT2D eigenvalue weighted by molar-refractivity contribution is 0.0684. The summed E-state index contributed by atoms with van der Waals surface area (Å²) < 4.78 is 2.91. The maximum atomic E-state index is 12.6. The molecule has 1 N–H and O–H groups in total. The largest absolute Gasteiger partial charge is 0.475 e. The van der Waals surface area contributed by atoms with Crippen molar-refractivity contribution in [3.8, 4) is 0 Å². The van der Waals surface area contributed by atoms with Gasteiger partial charge in [0.1, 0.15) is 0 Å². The molecular formula is C14H14N4O3. The van der Waals surface area contributed by atoms with E-state index in [1.165, 1.54) is 4.52 Å². The van der Waals surface area contributed by atoms with Crippen LogP contribution in [0.3, 0.4) is 0 Å². The highest BCUT2D eigenvalue weighted by Crippen LogP contribution is 2.18. The molecule has 0 saturated carbocycles. The van der Waals surface area contributed by atoms with Gasteiger partial charge in [0.25, 0.3) is 11.4 Å². The smallest absolute Gasteiger partial charge is 0.375 e. The highest BCUT2D eigenvalue weighted by Gasteiger charge is 2.19. The van der Waals surface area contributed by atoms with Gasteiger partial charge in [0, 0.05) is 6.04 Å². The van der Waals surface area contributed by atoms with Gasteiger partial charge in [-0.3, -0.25) is 4.79 Å². The first-order valence-corrected chi connectivity index (χ1v) is 6.55. The molecule has 21 heavy (non-hydrogen) atoms. The standard InChI is InChI=1S/C14H14N4O3/c1-7(2)17-10-6-8(3)4-5-9(10)18-12(13(17)19)15-11(16-18)14(20)21/h4-7H,1-3H3,(H,20,21). The Morgan fingerprint density at radius 3 is 2.62 bits per heavy atom. The molecular weight excluding hydrogens is 272 g/mol. The van der Waals surface area contributed by atoms with Crippen LogP contribution in [0.1, 0.15) is 36.1 Å². The summed E-state index contributed by atoms with van der Waals surface area (Å²) in [4.78, 5) is 27.5. The predicted octanol–water partition coefficient (Wildman–Crippen LogP) is 1.63. The normalized spacial score (nSPS) is 11.6. The number of benzene rings is 1. The SMILES string of the molecule is Cc1ccc2c(c1)n(C(C)C)c(=O)c1nc(C(=O)O)nn12. The molecule has 2 aromatic heterocycles. The van der Waals surface area contributed by atoms with E-state index in [1.807, 2.05) is 39.0 Å². The van der Waals surface area contributed by atoms with Crippen molar-refractivity contribution in [3.05, 3.63) is 39.9 Å². The van der Waals surface area contributed by atoms with E-state index in [1.54, 1.807) is 4.57 Å². The Morgan fingerprint density at radius 2 is 2.00 bits per heavy atom. The molecule has 0 atom stereocenters. The van der Waals surface area contributed by atoms with Crippen molar-refractivity contribution in [2.45, 2.75) is 26.8 Å². The number of hydrogen-bond donors (Lipinski definition) is 1. The van der Waals surface area contributed by atoms with Gasteiger partial charge in [0.2, 0.25) is 5.65 Å². The molecule has 2 heterocycles. The average molecular weight is 286 g/mol. The van der Waals surface area contributed by atoms with Gasteiger partial charge in [-0.2, -0.15) is 4.98 Å². The van der Waals surface area contributed by atoms with E-state index < -0.39 is 5.97 Å². The third-order valence-corrected chi connectivity index (χ3v) is 3.34. The van der Waals surface area contributed by atoms with Gasteiger partial charge >= 0.3 is 5.97 Å². The van der Waals surface area contributed by atoms with Gasteiger partial charge < -0.3 is 9.67 Å². The molecule has 3 aromatic rings. The summed E-state index contributed by atoms with van der Waals surface area (Å²) in [5.74, 6) is -1.63. The van der Waals surface area contributed by atoms with Crippen molar-refractivity contribution in [2.24, 2.45) is 0 Å². The fourth-order valence-electron chi connectivity index (χ4n) is 2.44. The van der Waals surface area contributed by atoms with Crippen LogP contribution in [-0.4, -0.2) is 30.2 Å². The van der Waals surface area contributed by atoms with Crippen LogP contribution in [-0.2, 0) is 0 Å². The third kappa shape index (κ3) is 1.89. The summed E-state index contributed by atoms with van der Waals surface area (Å²) in [6, 6.07) is 5.52. The Labute approximate surface area is 119 Å². The van der Waals surface area contributed by atoms with Crippen LogP contribution in [0.2, 0.25) is 0 Å². The molecule has 0 spiro atoms. The van der Waals surface area contributed by atoms with Crippen molar-refractivity contribution in [2.75, 3.05) is 0 Å². The molecule has 7 heteroatoms. The van der Waals surface area contributed by atoms with Crippen LogP contribution in [0.4, 0.5) is 0 Å². The Kier molecular flexibility index (Phi) is 2.79. The second-order valence-corrected chi connectivity index (χ2v) is 5.24. The lowest BCUT2D eigenvalue weighted by atomic mass is 10.2. The number of nitrogens with zero attached hydrogens (tertiary/aromatic N) is 4. The van der Waals surface area contributed by atoms with Crippen LogP contribution in [0, 0.1) is 6.92 Å². The minimum Gasteiger partial charge on any atom is -0.475 e. The monoisotopic (exact) mass is 286 g/mol. The van der Waals surface area contributed by atoms with Crippen LogP contribution in [0.5, 0.6) is 0 Å². The second kappa shape index (κ2) is 4.41. The van der Waals surface area contributed by atoms with E-state index in [-0.39, 0.29) is 23.1 Å². The van der Waals surface area contributed by atoms with Gasteiger partial charge in [-0.25, -0.2) is 9.31 Å². The minimum absolute atomic E-state index is 0.0254. The van der Waals surface area contributed by atoms with Crippen LogP contribution >= 0.6 is 0 Å². The van der Waals surface area contributed by atoms with Gasteiger partial charge in [0.05, 0.1) is 11.0 Å². The Balaban J connectivity index is 2.59. The summed E-state index contributed by atoms with van der Waals surface area (Å²) >= 11 is 0. The fraction of sp³-hybridized carbons (Fsp3) is 0.286. The Hall–Kier alpha value is -2.70. The molecule has 0 unspecified atom stereocenters. The van der Waals surface area contributed by atoms with Gasteiger partial charge in [-0.15, -0.1) is 5.10 Å². The highest BCUT2D eigenvalue weighted by molar-refractivity contribution is 5.85. The topological polar surface area (TPSA) is 89.5 Å². The number of carboxylic acids is 1. The zero-order valence-corrected chi connectivity index (χ0v) is 11.9. The fourth-order valence-corrected chi connectivity index (χ4v) is 2.44. The first-order chi connectivity index (χ1) is 9.90. The second-order valence-electron chi connectivity index (χ2n) is 5.24. The Morgan fingerprint density at radius 1 is 1.29 bits per heavy atom. The summed E-state index contributed by atoms with van der Waals surface area (Å²) in [7, 11) is 0. The van der Waals surface area contributed by atoms with Crippen molar-refractivity contribution in [1.29, 1.82) is 0 Å². The molecule has 1 aromatic carbocycles. The quantitative estimate of drug-likeness (QED) is 0.773. The van der Waals surface area contributed by atoms with Gasteiger partial charge in [-0.1, -0.05) is 6.07 Å². The summed E-state index contributed by atoms with van der Waals surface area (Å²) in [5.41, 5.74) is 2.06. The van der Waals surface area contributed by atoms with E-state index in [0.717, 1.165) is 5.56 Å². The number of aryl methyl sites for hydroxylation is 1. The maximum Gasteiger partial charge on any atom is 0.375 e. The average Bonchev–Trinajstić information content (AvgIpc) is 2.83. The van der Waals surface area contributed by atoms with Crippen molar-refractivity contribution >= 4 is 22.6 Å². The zero-order chi connectivity index (χ0) is 15.3. The lowest BCUT2D eigenvalue weighted by Crippen LogP contribution is -2.25. The molecule has 0 aliphatic carbocycles. The van der Waals surface area contributed by atoms with Crippen LogP contribution < -0.4 is 5.56 Å². The minimum atomic E-state index is -1.26. The van der Waals surface area contributed by atoms with Gasteiger partial charge in [0.15, 0.2) is 0 Å². The van der Waals surface area contributed by atoms with Gasteiger partial charge in [-0.05, 0) is 38.5 Å². The molecule has 0 amide bonds. The first-order valence-electron chi connectivity index (χ1n) is 6.55. The number of aromatic carboxylic acids is 1. The molecule has 0 fully saturated rings. The summed E-state index contributed by atoms with van der Waals surface area (Å²) in [6.07, 6.45) is 0. The maximum absolute atomic E-state index is 12.6. The highest BCUT2D eigenvalue weighted by atomic mass is 16.4. The van der Waals surface area contributed by atoms with Crippen molar-refractivity contribution in [1.82, 2.24) is 19.2 Å². The molecule has 0 bridgehead atoms. The molecule has 0 aliphatic heterocycles. The Bertz CT molecular complexity index is 937. The van der Waals surface area contributed by atoms with E-state index in [0.29, 0.717) is 11.0 Å². The first kappa shape index (κ1) is 13.3. The molecule has 3 rings (SSSR count). The predicted molar refractivity (Wildman–Crippen MR) is 76.8 cm³/mol. The zero-order valence-electron chi connectivity index (χ0n) is 11.9. The number of rotatable bonds is 2. The van der Waals surface area contributed by atoms with Crippen molar-refractivity contribution in [3.63, 3.8) is 0 Å². The molecule has 7 nitrogen and oxygen atoms in total. The van der Waals surface area contributed by atoms with E-state index in [4.69, 9.17) is 5.11 Å².